The summed E-state index contributed by atoms with van der Waals surface area (Å²) in [6.07, 6.45) is -1.69. The summed E-state index contributed by atoms with van der Waals surface area (Å²) in [5, 5.41) is 17.0. The second-order valence-corrected chi connectivity index (χ2v) is 7.97. The number of aliphatic hydroxyl groups is 1. The zero-order chi connectivity index (χ0) is 23.7. The van der Waals surface area contributed by atoms with Crippen molar-refractivity contribution in [2.75, 3.05) is 12.3 Å². The smallest absolute Gasteiger partial charge is 0.254 e. The van der Waals surface area contributed by atoms with Crippen LogP contribution in [0.1, 0.15) is 27.6 Å². The molecular formula is C23H20ClF2N5O2. The number of amides is 1. The van der Waals surface area contributed by atoms with E-state index in [1.807, 2.05) is 0 Å². The molecule has 170 valence electrons. The van der Waals surface area contributed by atoms with Crippen LogP contribution in [0.4, 0.5) is 14.7 Å². The van der Waals surface area contributed by atoms with Crippen LogP contribution in [0.5, 0.6) is 0 Å². The number of benzene rings is 2. The van der Waals surface area contributed by atoms with E-state index in [0.29, 0.717) is 27.4 Å². The quantitative estimate of drug-likeness (QED) is 0.396. The highest BCUT2D eigenvalue weighted by atomic mass is 35.5. The van der Waals surface area contributed by atoms with Crippen LogP contribution in [-0.2, 0) is 0 Å². The van der Waals surface area contributed by atoms with E-state index in [4.69, 9.17) is 17.3 Å². The molecule has 4 rings (SSSR count). The van der Waals surface area contributed by atoms with Gasteiger partial charge < -0.3 is 16.2 Å². The lowest BCUT2D eigenvalue weighted by molar-refractivity contribution is 0.0714. The van der Waals surface area contributed by atoms with Gasteiger partial charge in [-0.25, -0.2) is 13.3 Å². The Balaban J connectivity index is 1.54. The molecule has 10 heteroatoms. The van der Waals surface area contributed by atoms with Gasteiger partial charge in [-0.15, -0.1) is 5.10 Å². The van der Waals surface area contributed by atoms with Gasteiger partial charge in [-0.2, -0.15) is 4.98 Å². The molecule has 2 atom stereocenters. The van der Waals surface area contributed by atoms with Crippen LogP contribution in [0.3, 0.4) is 0 Å². The maximum atomic E-state index is 15.4. The molecule has 7 nitrogen and oxygen atoms in total. The SMILES string of the molecule is Cc1ccc(-c2ccn3nc(N)nc3c2)c(F)c1C(=O)NCC(F)C(O)c1ccc(Cl)cc1. The molecule has 4 aromatic rings. The third-order valence-electron chi connectivity index (χ3n) is 5.25. The summed E-state index contributed by atoms with van der Waals surface area (Å²) in [5.41, 5.74) is 7.16. The fourth-order valence-corrected chi connectivity index (χ4v) is 3.63. The highest BCUT2D eigenvalue weighted by molar-refractivity contribution is 6.30. The van der Waals surface area contributed by atoms with Crippen molar-refractivity contribution in [2.24, 2.45) is 0 Å². The van der Waals surface area contributed by atoms with Crippen molar-refractivity contribution in [1.29, 1.82) is 0 Å². The van der Waals surface area contributed by atoms with Crippen LogP contribution in [0.2, 0.25) is 5.02 Å². The maximum absolute atomic E-state index is 15.4. The van der Waals surface area contributed by atoms with Crippen molar-refractivity contribution in [3.05, 3.63) is 82.3 Å². The number of nitrogens with two attached hydrogens (primary N) is 1. The number of anilines is 1. The van der Waals surface area contributed by atoms with Crippen molar-refractivity contribution in [2.45, 2.75) is 19.2 Å². The first-order valence-electron chi connectivity index (χ1n) is 10.0. The molecule has 33 heavy (non-hydrogen) atoms. The lowest BCUT2D eigenvalue weighted by atomic mass is 9.98. The van der Waals surface area contributed by atoms with E-state index >= 15 is 4.39 Å². The molecule has 0 aliphatic heterocycles. The van der Waals surface area contributed by atoms with Crippen molar-refractivity contribution < 1.29 is 18.7 Å². The van der Waals surface area contributed by atoms with Gasteiger partial charge >= 0.3 is 0 Å². The number of hydrogen-bond acceptors (Lipinski definition) is 5. The van der Waals surface area contributed by atoms with E-state index in [9.17, 15) is 14.3 Å². The molecule has 0 fully saturated rings. The third-order valence-corrected chi connectivity index (χ3v) is 5.51. The minimum atomic E-state index is -1.80. The van der Waals surface area contributed by atoms with Crippen LogP contribution < -0.4 is 11.1 Å². The van der Waals surface area contributed by atoms with Crippen molar-refractivity contribution in [1.82, 2.24) is 19.9 Å². The first-order chi connectivity index (χ1) is 15.7. The molecule has 0 radical (unpaired) electrons. The van der Waals surface area contributed by atoms with E-state index in [1.54, 1.807) is 37.4 Å². The highest BCUT2D eigenvalue weighted by Gasteiger charge is 2.24. The number of nitrogens with zero attached hydrogens (tertiary/aromatic N) is 3. The monoisotopic (exact) mass is 471 g/mol. The van der Waals surface area contributed by atoms with E-state index < -0.39 is 30.5 Å². The summed E-state index contributed by atoms with van der Waals surface area (Å²) < 4.78 is 31.4. The Bertz CT molecular complexity index is 1330. The number of aromatic nitrogens is 3. The van der Waals surface area contributed by atoms with Gasteiger partial charge in [0.05, 0.1) is 12.1 Å². The molecule has 0 saturated heterocycles. The summed E-state index contributed by atoms with van der Waals surface area (Å²) in [4.78, 5) is 16.8. The Kier molecular flexibility index (Phi) is 6.26. The first kappa shape index (κ1) is 22.6. The number of pyridine rings is 1. The number of nitrogen functional groups attached to an aromatic ring is 1. The second kappa shape index (κ2) is 9.13. The molecule has 0 bridgehead atoms. The van der Waals surface area contributed by atoms with Gasteiger partial charge in [0.25, 0.3) is 5.91 Å². The Morgan fingerprint density at radius 2 is 1.97 bits per heavy atom. The zero-order valence-electron chi connectivity index (χ0n) is 17.5. The van der Waals surface area contributed by atoms with Gasteiger partial charge in [-0.3, -0.25) is 4.79 Å². The number of fused-ring (bicyclic) bond motifs is 1. The van der Waals surface area contributed by atoms with Gasteiger partial charge in [0, 0.05) is 16.8 Å². The number of carbonyl (C=O) groups is 1. The summed E-state index contributed by atoms with van der Waals surface area (Å²) >= 11 is 5.80. The Labute approximate surface area is 192 Å². The number of hydrogen-bond donors (Lipinski definition) is 3. The first-order valence-corrected chi connectivity index (χ1v) is 10.4. The van der Waals surface area contributed by atoms with Crippen LogP contribution in [0.25, 0.3) is 16.8 Å². The molecule has 0 spiro atoms. The number of nitrogens with one attached hydrogen (secondary N) is 1. The second-order valence-electron chi connectivity index (χ2n) is 7.53. The summed E-state index contributed by atoms with van der Waals surface area (Å²) in [6.45, 7) is 1.08. The van der Waals surface area contributed by atoms with Crippen LogP contribution in [0, 0.1) is 12.7 Å². The fourth-order valence-electron chi connectivity index (χ4n) is 3.50. The molecule has 0 aliphatic carbocycles. The number of carbonyl (C=O) groups excluding carboxylic acids is 1. The summed E-state index contributed by atoms with van der Waals surface area (Å²) in [5.74, 6) is -1.46. The number of alkyl halides is 1. The minimum absolute atomic E-state index is 0.0816. The molecule has 2 heterocycles. The van der Waals surface area contributed by atoms with Gasteiger partial charge in [-0.05, 0) is 47.9 Å². The van der Waals surface area contributed by atoms with Crippen molar-refractivity contribution >= 4 is 29.1 Å². The fraction of sp³-hybridized carbons (Fsp3) is 0.174. The van der Waals surface area contributed by atoms with E-state index in [2.05, 4.69) is 15.4 Å². The summed E-state index contributed by atoms with van der Waals surface area (Å²) in [6, 6.07) is 12.4. The number of aryl methyl sites for hydroxylation is 1. The number of halogens is 3. The molecule has 0 aliphatic rings. The average Bonchev–Trinajstić information content (AvgIpc) is 3.16. The predicted octanol–water partition coefficient (Wildman–Crippen LogP) is 3.88. The molecule has 2 unspecified atom stereocenters. The largest absolute Gasteiger partial charge is 0.385 e. The Hall–Kier alpha value is -3.56. The van der Waals surface area contributed by atoms with E-state index in [-0.39, 0.29) is 17.1 Å². The molecule has 2 aromatic carbocycles. The number of rotatable bonds is 6. The van der Waals surface area contributed by atoms with Crippen molar-refractivity contribution in [3.63, 3.8) is 0 Å². The Morgan fingerprint density at radius 3 is 2.70 bits per heavy atom. The normalized spacial score (nSPS) is 13.1. The van der Waals surface area contributed by atoms with Crippen LogP contribution in [0.15, 0.2) is 54.7 Å². The number of aliphatic hydroxyl groups excluding tert-OH is 1. The molecule has 4 N–H and O–H groups in total. The van der Waals surface area contributed by atoms with Crippen LogP contribution in [-0.4, -0.2) is 38.3 Å². The molecule has 1 amide bonds. The molecule has 2 aromatic heterocycles. The zero-order valence-corrected chi connectivity index (χ0v) is 18.2. The summed E-state index contributed by atoms with van der Waals surface area (Å²) in [7, 11) is 0. The van der Waals surface area contributed by atoms with Gasteiger partial charge in [-0.1, -0.05) is 35.9 Å². The maximum Gasteiger partial charge on any atom is 0.254 e. The van der Waals surface area contributed by atoms with Crippen LogP contribution >= 0.6 is 11.6 Å². The van der Waals surface area contributed by atoms with Gasteiger partial charge in [0.15, 0.2) is 5.65 Å². The highest BCUT2D eigenvalue weighted by Crippen LogP contribution is 2.28. The molecular weight excluding hydrogens is 452 g/mol. The lowest BCUT2D eigenvalue weighted by Crippen LogP contribution is -2.34. The molecule has 0 saturated carbocycles. The van der Waals surface area contributed by atoms with Gasteiger partial charge in [0.2, 0.25) is 5.95 Å². The topological polar surface area (TPSA) is 106 Å². The third kappa shape index (κ3) is 4.64. The Morgan fingerprint density at radius 1 is 1.24 bits per heavy atom. The van der Waals surface area contributed by atoms with Crippen molar-refractivity contribution in [3.8, 4) is 11.1 Å². The average molecular weight is 472 g/mol. The minimum Gasteiger partial charge on any atom is -0.385 e. The van der Waals surface area contributed by atoms with Gasteiger partial charge in [0.1, 0.15) is 18.1 Å². The lowest BCUT2D eigenvalue weighted by Gasteiger charge is -2.18. The van der Waals surface area contributed by atoms with E-state index in [0.717, 1.165) is 0 Å². The predicted molar refractivity (Wildman–Crippen MR) is 121 cm³/mol. The standard InChI is InChI=1S/C23H20ClF2N5O2/c1-12-2-7-16(14-8-9-31-18(10-14)29-23(27)30-31)20(26)19(12)22(33)28-11-17(25)21(32)13-3-5-15(24)6-4-13/h2-10,17,21,32H,11H2,1H3,(H2,27,30)(H,28,33). The van der Waals surface area contributed by atoms with E-state index in [1.165, 1.54) is 28.8 Å².